The molecule has 138 valence electrons. The van der Waals surface area contributed by atoms with E-state index in [9.17, 15) is 14.9 Å². The molecule has 7 heteroatoms. The van der Waals surface area contributed by atoms with Gasteiger partial charge >= 0.3 is 0 Å². The van der Waals surface area contributed by atoms with Crippen molar-refractivity contribution in [3.63, 3.8) is 0 Å². The molecule has 0 atom stereocenters. The summed E-state index contributed by atoms with van der Waals surface area (Å²) in [6, 6.07) is 9.89. The molecule has 26 heavy (non-hydrogen) atoms. The Bertz CT molecular complexity index is 800. The van der Waals surface area contributed by atoms with Gasteiger partial charge in [-0.2, -0.15) is 0 Å². The van der Waals surface area contributed by atoms with Crippen molar-refractivity contribution in [1.29, 1.82) is 0 Å². The summed E-state index contributed by atoms with van der Waals surface area (Å²) >= 11 is 0. The molecule has 0 bridgehead atoms. The Morgan fingerprint density at radius 3 is 2.35 bits per heavy atom. The number of rotatable bonds is 7. The number of nitrogens with zero attached hydrogens (tertiary/aromatic N) is 1. The van der Waals surface area contributed by atoms with Crippen molar-refractivity contribution in [3.8, 4) is 11.5 Å². The number of ether oxygens (including phenoxy) is 2. The molecule has 0 unspecified atom stereocenters. The predicted octanol–water partition coefficient (Wildman–Crippen LogP) is 4.38. The second-order valence-corrected chi connectivity index (χ2v) is 5.94. The molecule has 2 aromatic rings. The van der Waals surface area contributed by atoms with E-state index < -0.39 is 10.8 Å². The number of carbonyl (C=O) groups is 1. The number of carbonyl (C=O) groups excluding carboxylic acids is 1. The number of nitro groups is 1. The van der Waals surface area contributed by atoms with Gasteiger partial charge < -0.3 is 14.8 Å². The highest BCUT2D eigenvalue weighted by Crippen LogP contribution is 2.35. The molecule has 0 saturated carbocycles. The van der Waals surface area contributed by atoms with E-state index in [1.54, 1.807) is 19.1 Å². The van der Waals surface area contributed by atoms with E-state index in [-0.39, 0.29) is 22.7 Å². The summed E-state index contributed by atoms with van der Waals surface area (Å²) in [5.74, 6) is 0.267. The smallest absolute Gasteiger partial charge is 0.286 e. The molecule has 0 saturated heterocycles. The minimum Gasteiger partial charge on any atom is -0.493 e. The minimum absolute atomic E-state index is 0.0942. The maximum atomic E-state index is 12.6. The van der Waals surface area contributed by atoms with E-state index >= 15 is 0 Å². The molecule has 0 spiro atoms. The van der Waals surface area contributed by atoms with Crippen LogP contribution in [0.3, 0.4) is 0 Å². The van der Waals surface area contributed by atoms with Crippen LogP contribution in [0.1, 0.15) is 42.6 Å². The van der Waals surface area contributed by atoms with Crippen LogP contribution in [0.5, 0.6) is 11.5 Å². The Morgan fingerprint density at radius 2 is 1.85 bits per heavy atom. The molecule has 0 radical (unpaired) electrons. The molecule has 0 aliphatic carbocycles. The molecule has 0 fully saturated rings. The first-order valence-corrected chi connectivity index (χ1v) is 8.27. The average molecular weight is 358 g/mol. The number of anilines is 1. The summed E-state index contributed by atoms with van der Waals surface area (Å²) in [4.78, 5) is 23.4. The Balaban J connectivity index is 2.36. The van der Waals surface area contributed by atoms with Crippen LogP contribution >= 0.6 is 0 Å². The molecule has 0 aliphatic heterocycles. The van der Waals surface area contributed by atoms with Crippen molar-refractivity contribution < 1.29 is 19.2 Å². The molecule has 1 N–H and O–H groups in total. The zero-order chi connectivity index (χ0) is 19.3. The normalized spacial score (nSPS) is 10.5. The van der Waals surface area contributed by atoms with Gasteiger partial charge in [-0.05, 0) is 30.5 Å². The van der Waals surface area contributed by atoms with Crippen molar-refractivity contribution in [2.45, 2.75) is 26.7 Å². The number of hydrogen-bond acceptors (Lipinski definition) is 5. The number of hydrogen-bond donors (Lipinski definition) is 1. The molecule has 0 heterocycles. The lowest BCUT2D eigenvalue weighted by Crippen LogP contribution is -2.14. The molecule has 2 aromatic carbocycles. The van der Waals surface area contributed by atoms with E-state index in [0.717, 1.165) is 5.56 Å². The van der Waals surface area contributed by atoms with E-state index in [1.807, 2.05) is 12.1 Å². The molecule has 7 nitrogen and oxygen atoms in total. The van der Waals surface area contributed by atoms with Gasteiger partial charge in [0.05, 0.1) is 24.7 Å². The van der Waals surface area contributed by atoms with Crippen LogP contribution in [-0.4, -0.2) is 24.5 Å². The highest BCUT2D eigenvalue weighted by molar-refractivity contribution is 6.07. The number of methoxy groups -OCH3 is 1. The molecular weight excluding hydrogens is 336 g/mol. The van der Waals surface area contributed by atoms with Crippen molar-refractivity contribution in [1.82, 2.24) is 0 Å². The van der Waals surface area contributed by atoms with Gasteiger partial charge in [0, 0.05) is 11.8 Å². The largest absolute Gasteiger partial charge is 0.493 e. The lowest BCUT2D eigenvalue weighted by Gasteiger charge is -2.12. The highest BCUT2D eigenvalue weighted by atomic mass is 16.6. The second-order valence-electron chi connectivity index (χ2n) is 5.94. The third kappa shape index (κ3) is 4.30. The molecule has 1 amide bonds. The van der Waals surface area contributed by atoms with E-state index in [0.29, 0.717) is 18.2 Å². The van der Waals surface area contributed by atoms with Gasteiger partial charge in [-0.25, -0.2) is 0 Å². The fraction of sp³-hybridized carbons (Fsp3) is 0.316. The van der Waals surface area contributed by atoms with Crippen molar-refractivity contribution >= 4 is 17.3 Å². The first kappa shape index (κ1) is 19.2. The molecular formula is C19H22N2O5. The van der Waals surface area contributed by atoms with Gasteiger partial charge in [-0.1, -0.05) is 26.0 Å². The summed E-state index contributed by atoms with van der Waals surface area (Å²) in [7, 11) is 1.41. The van der Waals surface area contributed by atoms with Crippen LogP contribution in [0.2, 0.25) is 0 Å². The Kier molecular flexibility index (Phi) is 6.16. The quantitative estimate of drug-likeness (QED) is 0.586. The second kappa shape index (κ2) is 8.33. The van der Waals surface area contributed by atoms with Gasteiger partial charge in [-0.15, -0.1) is 0 Å². The van der Waals surface area contributed by atoms with Crippen LogP contribution in [0, 0.1) is 10.1 Å². The number of nitrogens with one attached hydrogen (secondary N) is 1. The minimum atomic E-state index is -0.612. The zero-order valence-electron chi connectivity index (χ0n) is 15.2. The standard InChI is InChI=1S/C19H22N2O5/c1-5-26-18-11-16(21(23)24)15(10-17(18)25-4)19(22)20-14-8-6-13(7-9-14)12(2)3/h6-12H,5H2,1-4H3,(H,20,22). The maximum Gasteiger partial charge on any atom is 0.286 e. The fourth-order valence-corrected chi connectivity index (χ4v) is 2.46. The average Bonchev–Trinajstić information content (AvgIpc) is 2.61. The first-order chi connectivity index (χ1) is 12.4. The van der Waals surface area contributed by atoms with Gasteiger partial charge in [0.1, 0.15) is 5.56 Å². The molecule has 2 rings (SSSR count). The SMILES string of the molecule is CCOc1cc([N+](=O)[O-])c(C(=O)Nc2ccc(C(C)C)cc2)cc1OC. The zero-order valence-corrected chi connectivity index (χ0v) is 15.2. The van der Waals surface area contributed by atoms with Gasteiger partial charge in [0.2, 0.25) is 0 Å². The van der Waals surface area contributed by atoms with Gasteiger partial charge in [0.15, 0.2) is 11.5 Å². The highest BCUT2D eigenvalue weighted by Gasteiger charge is 2.24. The van der Waals surface area contributed by atoms with Crippen molar-refractivity contribution in [3.05, 3.63) is 57.6 Å². The maximum absolute atomic E-state index is 12.6. The summed E-state index contributed by atoms with van der Waals surface area (Å²) in [6.45, 7) is 6.22. The third-order valence-corrected chi connectivity index (χ3v) is 3.86. The van der Waals surface area contributed by atoms with Crippen LogP contribution < -0.4 is 14.8 Å². The monoisotopic (exact) mass is 358 g/mol. The van der Waals surface area contributed by atoms with E-state index in [4.69, 9.17) is 9.47 Å². The summed E-state index contributed by atoms with van der Waals surface area (Å²) < 4.78 is 10.5. The van der Waals surface area contributed by atoms with Crippen molar-refractivity contribution in [2.75, 3.05) is 19.0 Å². The number of benzene rings is 2. The lowest BCUT2D eigenvalue weighted by atomic mass is 10.0. The van der Waals surface area contributed by atoms with Crippen LogP contribution in [0.4, 0.5) is 11.4 Å². The van der Waals surface area contributed by atoms with Gasteiger partial charge in [0.25, 0.3) is 11.6 Å². The Labute approximate surface area is 152 Å². The number of amides is 1. The molecule has 0 aromatic heterocycles. The van der Waals surface area contributed by atoms with E-state index in [1.165, 1.54) is 19.2 Å². The van der Waals surface area contributed by atoms with E-state index in [2.05, 4.69) is 19.2 Å². The Hall–Kier alpha value is -3.09. The summed E-state index contributed by atoms with van der Waals surface area (Å²) in [5, 5.41) is 14.1. The third-order valence-electron chi connectivity index (χ3n) is 3.86. The molecule has 0 aliphatic rings. The lowest BCUT2D eigenvalue weighted by molar-refractivity contribution is -0.385. The van der Waals surface area contributed by atoms with Crippen molar-refractivity contribution in [2.24, 2.45) is 0 Å². The first-order valence-electron chi connectivity index (χ1n) is 8.27. The topological polar surface area (TPSA) is 90.7 Å². The van der Waals surface area contributed by atoms with Crippen LogP contribution in [0.15, 0.2) is 36.4 Å². The summed E-state index contributed by atoms with van der Waals surface area (Å²) in [5.41, 5.74) is 1.26. The van der Waals surface area contributed by atoms with Crippen LogP contribution in [-0.2, 0) is 0 Å². The predicted molar refractivity (Wildman–Crippen MR) is 99.3 cm³/mol. The Morgan fingerprint density at radius 1 is 1.19 bits per heavy atom. The number of nitro benzene ring substituents is 1. The van der Waals surface area contributed by atoms with Crippen LogP contribution in [0.25, 0.3) is 0 Å². The fourth-order valence-electron chi connectivity index (χ4n) is 2.46. The van der Waals surface area contributed by atoms with Gasteiger partial charge in [-0.3, -0.25) is 14.9 Å². The summed E-state index contributed by atoms with van der Waals surface area (Å²) in [6.07, 6.45) is 0.